The van der Waals surface area contributed by atoms with Crippen LogP contribution < -0.4 is 5.56 Å². The first-order valence-corrected chi connectivity index (χ1v) is 6.45. The van der Waals surface area contributed by atoms with Crippen LogP contribution in [-0.4, -0.2) is 9.55 Å². The van der Waals surface area contributed by atoms with Gasteiger partial charge in [-0.05, 0) is 40.5 Å². The summed E-state index contributed by atoms with van der Waals surface area (Å²) in [5.41, 5.74) is 0.0437. The third kappa shape index (κ3) is 2.66. The molecule has 2 aromatic rings. The zero-order valence-electron chi connectivity index (χ0n) is 7.89. The summed E-state index contributed by atoms with van der Waals surface area (Å²) >= 11 is 3.72. The maximum Gasteiger partial charge on any atom is 0.266 e. The number of hydrogen-bond acceptors (Lipinski definition) is 3. The largest absolute Gasteiger partial charge is 0.298 e. The van der Waals surface area contributed by atoms with Crippen molar-refractivity contribution in [2.24, 2.45) is 0 Å². The van der Waals surface area contributed by atoms with Crippen molar-refractivity contribution in [2.75, 3.05) is 0 Å². The lowest BCUT2D eigenvalue weighted by atomic mass is 10.3. The second-order valence-corrected chi connectivity index (χ2v) is 5.26. The Kier molecular flexibility index (Phi) is 3.53. The van der Waals surface area contributed by atoms with Gasteiger partial charge in [0.2, 0.25) is 0 Å². The van der Waals surface area contributed by atoms with Gasteiger partial charge in [0.05, 0.1) is 9.90 Å². The standard InChI is InChI=1S/C10H9IN2OS/c11-9-6-12-7-13(10(9)14)4-3-8-2-1-5-15-8/h1-2,5-7H,3-4H2. The third-order valence-corrected chi connectivity index (χ3v) is 3.71. The zero-order valence-corrected chi connectivity index (χ0v) is 10.9. The molecular formula is C10H9IN2OS. The average molecular weight is 332 g/mol. The molecule has 2 rings (SSSR count). The molecule has 0 radical (unpaired) electrons. The molecule has 2 heterocycles. The molecule has 0 amide bonds. The quantitative estimate of drug-likeness (QED) is 0.808. The maximum atomic E-state index is 11.6. The van der Waals surface area contributed by atoms with Gasteiger partial charge in [-0.1, -0.05) is 6.07 Å². The van der Waals surface area contributed by atoms with Gasteiger partial charge in [0.1, 0.15) is 0 Å². The number of rotatable bonds is 3. The summed E-state index contributed by atoms with van der Waals surface area (Å²) in [7, 11) is 0. The van der Waals surface area contributed by atoms with E-state index < -0.39 is 0 Å². The van der Waals surface area contributed by atoms with Crippen molar-refractivity contribution in [1.29, 1.82) is 0 Å². The highest BCUT2D eigenvalue weighted by Crippen LogP contribution is 2.09. The number of hydrogen-bond donors (Lipinski definition) is 0. The predicted molar refractivity (Wildman–Crippen MR) is 69.2 cm³/mol. The minimum absolute atomic E-state index is 0.0437. The van der Waals surface area contributed by atoms with Gasteiger partial charge in [0.15, 0.2) is 0 Å². The molecule has 5 heteroatoms. The Morgan fingerprint density at radius 2 is 2.40 bits per heavy atom. The van der Waals surface area contributed by atoms with E-state index in [4.69, 9.17) is 0 Å². The van der Waals surface area contributed by atoms with Crippen molar-refractivity contribution < 1.29 is 0 Å². The molecule has 0 saturated heterocycles. The third-order valence-electron chi connectivity index (χ3n) is 2.04. The van der Waals surface area contributed by atoms with Crippen LogP contribution in [0.4, 0.5) is 0 Å². The molecule has 15 heavy (non-hydrogen) atoms. The summed E-state index contributed by atoms with van der Waals surface area (Å²) in [6, 6.07) is 4.10. The number of nitrogens with zero attached hydrogens (tertiary/aromatic N) is 2. The van der Waals surface area contributed by atoms with Gasteiger partial charge in [-0.3, -0.25) is 9.36 Å². The Morgan fingerprint density at radius 1 is 1.53 bits per heavy atom. The molecular weight excluding hydrogens is 323 g/mol. The van der Waals surface area contributed by atoms with Crippen molar-refractivity contribution in [3.8, 4) is 0 Å². The Hall–Kier alpha value is -0.690. The van der Waals surface area contributed by atoms with Gasteiger partial charge >= 0.3 is 0 Å². The van der Waals surface area contributed by atoms with Gasteiger partial charge in [-0.2, -0.15) is 0 Å². The molecule has 0 saturated carbocycles. The van der Waals surface area contributed by atoms with E-state index in [2.05, 4.69) is 11.1 Å². The first-order valence-electron chi connectivity index (χ1n) is 4.49. The summed E-state index contributed by atoms with van der Waals surface area (Å²) in [6.45, 7) is 0.698. The van der Waals surface area contributed by atoms with Crippen molar-refractivity contribution in [1.82, 2.24) is 9.55 Å². The monoisotopic (exact) mass is 332 g/mol. The van der Waals surface area contributed by atoms with E-state index in [1.54, 1.807) is 28.4 Å². The average Bonchev–Trinajstić information content (AvgIpc) is 2.73. The van der Waals surface area contributed by atoms with Gasteiger partial charge in [-0.15, -0.1) is 11.3 Å². The molecule has 0 spiro atoms. The molecule has 0 aliphatic rings. The van der Waals surface area contributed by atoms with Crippen LogP contribution in [0.2, 0.25) is 0 Å². The lowest BCUT2D eigenvalue weighted by Gasteiger charge is -2.03. The van der Waals surface area contributed by atoms with Crippen LogP contribution in [0.1, 0.15) is 4.88 Å². The Bertz CT molecular complexity index is 492. The zero-order chi connectivity index (χ0) is 10.7. The first kappa shape index (κ1) is 10.8. The number of halogens is 1. The van der Waals surface area contributed by atoms with Crippen molar-refractivity contribution in [3.05, 3.63) is 48.8 Å². The van der Waals surface area contributed by atoms with E-state index in [0.717, 1.165) is 6.42 Å². The second-order valence-electron chi connectivity index (χ2n) is 3.07. The highest BCUT2D eigenvalue weighted by atomic mass is 127. The summed E-state index contributed by atoms with van der Waals surface area (Å²) in [5.74, 6) is 0. The number of thiophene rings is 1. The van der Waals surface area contributed by atoms with Crippen molar-refractivity contribution in [3.63, 3.8) is 0 Å². The van der Waals surface area contributed by atoms with E-state index in [1.165, 1.54) is 4.88 Å². The SMILES string of the molecule is O=c1c(I)cncn1CCc1cccs1. The van der Waals surface area contributed by atoms with Crippen LogP contribution in [0.5, 0.6) is 0 Å². The van der Waals surface area contributed by atoms with Crippen LogP contribution in [-0.2, 0) is 13.0 Å². The molecule has 0 aromatic carbocycles. The topological polar surface area (TPSA) is 34.9 Å². The Labute approximate surface area is 105 Å². The van der Waals surface area contributed by atoms with E-state index in [1.807, 2.05) is 34.0 Å². The summed E-state index contributed by atoms with van der Waals surface area (Å²) in [6.07, 6.45) is 4.07. The highest BCUT2D eigenvalue weighted by molar-refractivity contribution is 14.1. The van der Waals surface area contributed by atoms with E-state index in [-0.39, 0.29) is 5.56 Å². The van der Waals surface area contributed by atoms with Crippen molar-refractivity contribution in [2.45, 2.75) is 13.0 Å². The molecule has 0 aliphatic carbocycles. The minimum Gasteiger partial charge on any atom is -0.298 e. The van der Waals surface area contributed by atoms with Gasteiger partial charge < -0.3 is 0 Å². The molecule has 0 bridgehead atoms. The number of aryl methyl sites for hydroxylation is 2. The predicted octanol–water partition coefficient (Wildman–Crippen LogP) is 2.15. The Morgan fingerprint density at radius 3 is 3.13 bits per heavy atom. The summed E-state index contributed by atoms with van der Waals surface area (Å²) in [4.78, 5) is 16.9. The smallest absolute Gasteiger partial charge is 0.266 e. The molecule has 3 nitrogen and oxygen atoms in total. The number of aromatic nitrogens is 2. The molecule has 0 unspecified atom stereocenters. The summed E-state index contributed by atoms with van der Waals surface area (Å²) in [5, 5.41) is 2.05. The highest BCUT2D eigenvalue weighted by Gasteiger charge is 2.01. The molecule has 0 atom stereocenters. The molecule has 2 aromatic heterocycles. The maximum absolute atomic E-state index is 11.6. The summed E-state index contributed by atoms with van der Waals surface area (Å²) < 4.78 is 2.32. The van der Waals surface area contributed by atoms with Gasteiger partial charge in [-0.25, -0.2) is 4.98 Å². The first-order chi connectivity index (χ1) is 7.27. The van der Waals surface area contributed by atoms with Crippen LogP contribution in [0.3, 0.4) is 0 Å². The molecule has 78 valence electrons. The molecule has 0 N–H and O–H groups in total. The second kappa shape index (κ2) is 4.89. The van der Waals surface area contributed by atoms with Crippen molar-refractivity contribution >= 4 is 33.9 Å². The minimum atomic E-state index is 0.0437. The van der Waals surface area contributed by atoms with E-state index in [0.29, 0.717) is 10.1 Å². The van der Waals surface area contributed by atoms with E-state index >= 15 is 0 Å². The lowest BCUT2D eigenvalue weighted by Crippen LogP contribution is -2.23. The van der Waals surface area contributed by atoms with Gasteiger partial charge in [0.25, 0.3) is 5.56 Å². The van der Waals surface area contributed by atoms with Crippen LogP contribution in [0.25, 0.3) is 0 Å². The van der Waals surface area contributed by atoms with E-state index in [9.17, 15) is 4.79 Å². The fourth-order valence-corrected chi connectivity index (χ4v) is 2.44. The van der Waals surface area contributed by atoms with Crippen LogP contribution in [0, 0.1) is 3.57 Å². The fourth-order valence-electron chi connectivity index (χ4n) is 1.27. The molecule has 0 fully saturated rings. The lowest BCUT2D eigenvalue weighted by molar-refractivity contribution is 0.655. The van der Waals surface area contributed by atoms with Crippen LogP contribution >= 0.6 is 33.9 Å². The normalized spacial score (nSPS) is 10.5. The molecule has 0 aliphatic heterocycles. The fraction of sp³-hybridized carbons (Fsp3) is 0.200. The Balaban J connectivity index is 2.12. The van der Waals surface area contributed by atoms with Crippen LogP contribution in [0.15, 0.2) is 34.8 Å². The van der Waals surface area contributed by atoms with Gasteiger partial charge in [0, 0.05) is 17.6 Å².